The molecule has 31 heavy (non-hydrogen) atoms. The molecule has 158 valence electrons. The standard InChI is InChI=1S/C23H23N5O3/c1-15-23(21-11-19(27-31-21)17-5-3-16(4-6-17)12-24-2)26-20(13-25-15)18-7-8-22(30)28(14-18)9-10-29/h3-8,11,13-14,24,29H,9-10,12H2,1-2H3. The van der Waals surface area contributed by atoms with E-state index in [0.29, 0.717) is 28.5 Å². The van der Waals surface area contributed by atoms with Crippen LogP contribution in [-0.2, 0) is 13.1 Å². The predicted octanol–water partition coefficient (Wildman–Crippen LogP) is 2.65. The fraction of sp³-hybridized carbons (Fsp3) is 0.217. The normalized spacial score (nSPS) is 11.1. The van der Waals surface area contributed by atoms with Crippen LogP contribution in [0.5, 0.6) is 0 Å². The summed E-state index contributed by atoms with van der Waals surface area (Å²) in [6.45, 7) is 2.76. The number of pyridine rings is 1. The van der Waals surface area contributed by atoms with Crippen molar-refractivity contribution in [3.05, 3.63) is 76.5 Å². The third kappa shape index (κ3) is 4.45. The molecule has 8 nitrogen and oxygen atoms in total. The van der Waals surface area contributed by atoms with Crippen molar-refractivity contribution >= 4 is 0 Å². The first-order valence-corrected chi connectivity index (χ1v) is 9.95. The topological polar surface area (TPSA) is 106 Å². The number of aliphatic hydroxyl groups is 1. The molecular formula is C23H23N5O3. The minimum Gasteiger partial charge on any atom is -0.395 e. The van der Waals surface area contributed by atoms with Crippen LogP contribution in [0.3, 0.4) is 0 Å². The number of aliphatic hydroxyl groups excluding tert-OH is 1. The quantitative estimate of drug-likeness (QED) is 0.476. The first-order valence-electron chi connectivity index (χ1n) is 9.95. The van der Waals surface area contributed by atoms with Crippen molar-refractivity contribution in [2.45, 2.75) is 20.0 Å². The average molecular weight is 417 g/mol. The zero-order valence-corrected chi connectivity index (χ0v) is 17.4. The second-order valence-corrected chi connectivity index (χ2v) is 7.17. The van der Waals surface area contributed by atoms with Crippen LogP contribution in [-0.4, -0.2) is 38.5 Å². The van der Waals surface area contributed by atoms with Crippen LogP contribution in [0.2, 0.25) is 0 Å². The fourth-order valence-electron chi connectivity index (χ4n) is 3.31. The van der Waals surface area contributed by atoms with E-state index in [1.807, 2.05) is 44.3 Å². The lowest BCUT2D eigenvalue weighted by Gasteiger charge is -2.08. The Morgan fingerprint density at radius 3 is 2.61 bits per heavy atom. The molecule has 4 aromatic rings. The molecule has 0 aliphatic rings. The summed E-state index contributed by atoms with van der Waals surface area (Å²) >= 11 is 0. The lowest BCUT2D eigenvalue weighted by Crippen LogP contribution is -2.20. The summed E-state index contributed by atoms with van der Waals surface area (Å²) in [5.41, 5.74) is 5.29. The van der Waals surface area contributed by atoms with E-state index >= 15 is 0 Å². The predicted molar refractivity (Wildman–Crippen MR) is 117 cm³/mol. The van der Waals surface area contributed by atoms with Crippen molar-refractivity contribution < 1.29 is 9.63 Å². The van der Waals surface area contributed by atoms with Gasteiger partial charge in [-0.1, -0.05) is 29.4 Å². The fourth-order valence-corrected chi connectivity index (χ4v) is 3.31. The molecule has 0 aliphatic carbocycles. The molecule has 3 aromatic heterocycles. The maximum atomic E-state index is 11.9. The summed E-state index contributed by atoms with van der Waals surface area (Å²) in [6.07, 6.45) is 3.32. The zero-order chi connectivity index (χ0) is 21.8. The van der Waals surface area contributed by atoms with Crippen molar-refractivity contribution in [3.8, 4) is 34.0 Å². The maximum Gasteiger partial charge on any atom is 0.250 e. The molecule has 3 heterocycles. The molecule has 2 N–H and O–H groups in total. The Balaban J connectivity index is 1.67. The van der Waals surface area contributed by atoms with Crippen LogP contribution < -0.4 is 10.9 Å². The number of benzene rings is 1. The third-order valence-electron chi connectivity index (χ3n) is 4.95. The Labute approximate surface area is 179 Å². The molecule has 0 amide bonds. The first kappa shape index (κ1) is 20.6. The van der Waals surface area contributed by atoms with E-state index in [1.165, 1.54) is 16.2 Å². The van der Waals surface area contributed by atoms with Crippen molar-refractivity contribution in [3.63, 3.8) is 0 Å². The van der Waals surface area contributed by atoms with Gasteiger partial charge in [-0.15, -0.1) is 0 Å². The van der Waals surface area contributed by atoms with Crippen LogP contribution in [0.1, 0.15) is 11.3 Å². The van der Waals surface area contributed by atoms with E-state index in [4.69, 9.17) is 14.6 Å². The van der Waals surface area contributed by atoms with Gasteiger partial charge in [0.25, 0.3) is 5.56 Å². The van der Waals surface area contributed by atoms with Gasteiger partial charge in [-0.2, -0.15) is 0 Å². The van der Waals surface area contributed by atoms with E-state index in [-0.39, 0.29) is 18.7 Å². The number of hydrogen-bond acceptors (Lipinski definition) is 7. The Hall–Kier alpha value is -3.62. The van der Waals surface area contributed by atoms with Crippen LogP contribution in [0, 0.1) is 6.92 Å². The molecule has 0 unspecified atom stereocenters. The van der Waals surface area contributed by atoms with Crippen molar-refractivity contribution in [2.75, 3.05) is 13.7 Å². The van der Waals surface area contributed by atoms with Gasteiger partial charge in [0.05, 0.1) is 24.2 Å². The van der Waals surface area contributed by atoms with Crippen molar-refractivity contribution in [2.24, 2.45) is 0 Å². The molecule has 0 fully saturated rings. The van der Waals surface area contributed by atoms with E-state index in [1.54, 1.807) is 18.5 Å². The largest absolute Gasteiger partial charge is 0.395 e. The molecule has 4 rings (SSSR count). The summed E-state index contributed by atoms with van der Waals surface area (Å²) in [6, 6.07) is 13.1. The molecule has 0 spiro atoms. The Morgan fingerprint density at radius 2 is 1.87 bits per heavy atom. The SMILES string of the molecule is CNCc1ccc(-c2cc(-c3nc(-c4ccc(=O)n(CCO)c4)cnc3C)on2)cc1. The number of hydrogen-bond donors (Lipinski definition) is 2. The number of aromatic nitrogens is 4. The van der Waals surface area contributed by atoms with Crippen LogP contribution in [0.4, 0.5) is 0 Å². The lowest BCUT2D eigenvalue weighted by molar-refractivity contribution is 0.274. The lowest BCUT2D eigenvalue weighted by atomic mass is 10.1. The van der Waals surface area contributed by atoms with Crippen molar-refractivity contribution in [1.29, 1.82) is 0 Å². The Bertz CT molecular complexity index is 1240. The summed E-state index contributed by atoms with van der Waals surface area (Å²) in [4.78, 5) is 21.1. The number of nitrogens with one attached hydrogen (secondary N) is 1. The monoisotopic (exact) mass is 417 g/mol. The van der Waals surface area contributed by atoms with Gasteiger partial charge in [0, 0.05) is 42.5 Å². The van der Waals surface area contributed by atoms with Gasteiger partial charge in [-0.05, 0) is 25.6 Å². The summed E-state index contributed by atoms with van der Waals surface area (Å²) in [5.74, 6) is 0.518. The minimum atomic E-state index is -0.182. The number of aryl methyl sites for hydroxylation is 1. The minimum absolute atomic E-state index is 0.120. The van der Waals surface area contributed by atoms with Gasteiger partial charge in [0.15, 0.2) is 5.76 Å². The van der Waals surface area contributed by atoms with Crippen LogP contribution >= 0.6 is 0 Å². The van der Waals surface area contributed by atoms with Gasteiger partial charge < -0.3 is 19.5 Å². The van der Waals surface area contributed by atoms with Gasteiger partial charge in [-0.25, -0.2) is 4.98 Å². The number of rotatable bonds is 7. The highest BCUT2D eigenvalue weighted by molar-refractivity contribution is 5.68. The van der Waals surface area contributed by atoms with E-state index in [9.17, 15) is 4.79 Å². The highest BCUT2D eigenvalue weighted by Gasteiger charge is 2.15. The zero-order valence-electron chi connectivity index (χ0n) is 17.4. The highest BCUT2D eigenvalue weighted by Crippen LogP contribution is 2.28. The smallest absolute Gasteiger partial charge is 0.250 e. The van der Waals surface area contributed by atoms with Gasteiger partial charge >= 0.3 is 0 Å². The Kier molecular flexibility index (Phi) is 6.01. The maximum absolute atomic E-state index is 11.9. The summed E-state index contributed by atoms with van der Waals surface area (Å²) in [5, 5.41) is 16.5. The van der Waals surface area contributed by atoms with Gasteiger partial charge in [0.2, 0.25) is 0 Å². The van der Waals surface area contributed by atoms with Crippen LogP contribution in [0.25, 0.3) is 34.0 Å². The number of nitrogens with zero attached hydrogens (tertiary/aromatic N) is 4. The molecule has 1 aromatic carbocycles. The molecule has 0 radical (unpaired) electrons. The summed E-state index contributed by atoms with van der Waals surface area (Å²) in [7, 11) is 1.91. The van der Waals surface area contributed by atoms with Gasteiger partial charge in [-0.3, -0.25) is 9.78 Å². The van der Waals surface area contributed by atoms with Crippen LogP contribution in [0.15, 0.2) is 64.2 Å². The van der Waals surface area contributed by atoms with E-state index in [0.717, 1.165) is 17.7 Å². The Morgan fingerprint density at radius 1 is 1.10 bits per heavy atom. The third-order valence-corrected chi connectivity index (χ3v) is 4.95. The molecule has 0 aliphatic heterocycles. The first-order chi connectivity index (χ1) is 15.1. The van der Waals surface area contributed by atoms with Gasteiger partial charge in [0.1, 0.15) is 11.4 Å². The molecule has 0 saturated carbocycles. The molecule has 0 saturated heterocycles. The molecule has 8 heteroatoms. The summed E-state index contributed by atoms with van der Waals surface area (Å²) < 4.78 is 7.03. The molecular weight excluding hydrogens is 394 g/mol. The van der Waals surface area contributed by atoms with Crippen molar-refractivity contribution in [1.82, 2.24) is 25.0 Å². The second kappa shape index (κ2) is 9.03. The van der Waals surface area contributed by atoms with E-state index in [2.05, 4.69) is 15.5 Å². The van der Waals surface area contributed by atoms with E-state index < -0.39 is 0 Å². The highest BCUT2D eigenvalue weighted by atomic mass is 16.5. The second-order valence-electron chi connectivity index (χ2n) is 7.17. The molecule has 0 atom stereocenters. The average Bonchev–Trinajstić information content (AvgIpc) is 3.27. The molecule has 0 bridgehead atoms.